The van der Waals surface area contributed by atoms with Gasteiger partial charge >= 0.3 is 17.9 Å². The third-order valence-electron chi connectivity index (χ3n) is 12.5. The predicted molar refractivity (Wildman–Crippen MR) is 252 cm³/mol. The van der Waals surface area contributed by atoms with E-state index in [-0.39, 0.29) is 35.8 Å². The topological polar surface area (TPSA) is 170 Å². The third kappa shape index (κ3) is 9.96. The van der Waals surface area contributed by atoms with Crippen molar-refractivity contribution in [2.24, 2.45) is 11.8 Å². The largest absolute Gasteiger partial charge is 0.450 e. The molecule has 2 aromatic heterocycles. The van der Waals surface area contributed by atoms with Crippen molar-refractivity contribution < 1.29 is 42.9 Å². The minimum Gasteiger partial charge on any atom is -0.450 e. The Bertz CT molecular complexity index is 2660. The number of fused-ring (bicyclic) bond motifs is 1. The molecule has 4 aromatic carbocycles. The molecule has 0 saturated carbocycles. The van der Waals surface area contributed by atoms with Crippen molar-refractivity contribution in [3.8, 4) is 0 Å². The maximum atomic E-state index is 13.3. The molecule has 2 saturated heterocycles. The number of anilines is 1. The molecule has 8 rings (SSSR count). The molecule has 0 aliphatic carbocycles. The zero-order chi connectivity index (χ0) is 47.6. The summed E-state index contributed by atoms with van der Waals surface area (Å²) in [5, 5.41) is 2.83. The summed E-state index contributed by atoms with van der Waals surface area (Å²) in [5.74, 6) is -1.83. The van der Waals surface area contributed by atoms with Crippen LogP contribution in [0.3, 0.4) is 0 Å². The van der Waals surface area contributed by atoms with Gasteiger partial charge in [-0.1, -0.05) is 113 Å². The van der Waals surface area contributed by atoms with Crippen LogP contribution in [0.5, 0.6) is 0 Å². The molecule has 8 atom stereocenters. The molecule has 67 heavy (non-hydrogen) atoms. The van der Waals surface area contributed by atoms with Gasteiger partial charge in [0.05, 0.1) is 35.2 Å². The highest BCUT2D eigenvalue weighted by Crippen LogP contribution is 2.50. The number of esters is 3. The van der Waals surface area contributed by atoms with Gasteiger partial charge in [-0.15, -0.1) is 13.2 Å². The number of nitrogens with one attached hydrogen (secondary N) is 1. The molecule has 1 N–H and O–H groups in total. The normalized spacial score (nSPS) is 24.1. The fourth-order valence-electron chi connectivity index (χ4n) is 8.81. The zero-order valence-electron chi connectivity index (χ0n) is 38.0. The second-order valence-electron chi connectivity index (χ2n) is 16.5. The number of amides is 1. The van der Waals surface area contributed by atoms with Crippen molar-refractivity contribution in [1.82, 2.24) is 19.5 Å². The van der Waals surface area contributed by atoms with E-state index in [9.17, 15) is 19.2 Å². The van der Waals surface area contributed by atoms with Gasteiger partial charge in [0.15, 0.2) is 34.4 Å². The average molecular weight is 906 g/mol. The molecule has 2 unspecified atom stereocenters. The molecule has 0 bridgehead atoms. The van der Waals surface area contributed by atoms with Crippen molar-refractivity contribution in [3.63, 3.8) is 0 Å². The molecule has 14 nitrogen and oxygen atoms in total. The van der Waals surface area contributed by atoms with Gasteiger partial charge in [-0.2, -0.15) is 0 Å². The van der Waals surface area contributed by atoms with Crippen molar-refractivity contribution >= 4 is 40.8 Å². The molecule has 0 radical (unpaired) electrons. The maximum Gasteiger partial charge on any atom is 0.340 e. The van der Waals surface area contributed by atoms with E-state index in [4.69, 9.17) is 23.7 Å². The average Bonchev–Trinajstić information content (AvgIpc) is 3.99. The number of carbonyl (C=O) groups is 4. The summed E-state index contributed by atoms with van der Waals surface area (Å²) in [4.78, 5) is 64.9. The van der Waals surface area contributed by atoms with Crippen LogP contribution in [0.4, 0.5) is 5.82 Å². The highest BCUT2D eigenvalue weighted by molar-refractivity contribution is 6.06. The fraction of sp³-hybridized carbons (Fsp3) is 0.302. The van der Waals surface area contributed by atoms with Gasteiger partial charge in [0.25, 0.3) is 5.91 Å². The van der Waals surface area contributed by atoms with Gasteiger partial charge in [0.1, 0.15) is 6.33 Å². The van der Waals surface area contributed by atoms with E-state index in [0.29, 0.717) is 52.7 Å². The first-order valence-electron chi connectivity index (χ1n) is 22.4. The summed E-state index contributed by atoms with van der Waals surface area (Å²) in [7, 11) is 0. The standard InChI is InChI=1S/C29H29N5O4.C24H26O5/c1-4-16-29(38-27(36)21-14-10-7-11-15-21)19(3)22(5-2)37-28(29)34-18-32-23-24(30-17-31-25(23)34)33-26(35)20-12-8-6-9-13-20;1-4-16-24(29-22(26)19-14-10-7-11-15-19)17(3)20(5-2)27-23(24)28-21(25)18-12-8-6-9-13-18/h4,6-15,17-19,22,28H,1,5,16H2,2-3H3,(H,30,31,33,35);4,6-15,17,20,23H,1,5,16H2,2-3H3/t19-,22-,28?,29-;17-,20-,23?,24-/m11/s1. The summed E-state index contributed by atoms with van der Waals surface area (Å²) < 4.78 is 32.4. The van der Waals surface area contributed by atoms with Crippen LogP contribution in [-0.2, 0) is 23.7 Å². The van der Waals surface area contributed by atoms with E-state index < -0.39 is 41.6 Å². The number of carbonyl (C=O) groups excluding carboxylic acids is 4. The summed E-state index contributed by atoms with van der Waals surface area (Å²) in [6.07, 6.45) is 6.28. The highest BCUT2D eigenvalue weighted by atomic mass is 16.7. The molecule has 4 heterocycles. The third-order valence-corrected chi connectivity index (χ3v) is 12.5. The Hall–Kier alpha value is -7.29. The molecule has 2 aliphatic rings. The van der Waals surface area contributed by atoms with Crippen LogP contribution >= 0.6 is 0 Å². The second-order valence-corrected chi connectivity index (χ2v) is 16.5. The van der Waals surface area contributed by atoms with E-state index >= 15 is 0 Å². The van der Waals surface area contributed by atoms with Crippen molar-refractivity contribution in [2.75, 3.05) is 5.32 Å². The SMILES string of the molecule is C=CC[C@]1(OC(=O)c2ccccc2)C(OC(=O)c2ccccc2)O[C@H](CC)[C@H]1C.C=CC[C@]1(OC(=O)c2ccccc2)C(n2cnc3c(NC(=O)c4ccccc4)ncnc32)O[C@H](CC)[C@H]1C. The predicted octanol–water partition coefficient (Wildman–Crippen LogP) is 9.98. The van der Waals surface area contributed by atoms with Crippen LogP contribution < -0.4 is 5.32 Å². The molecule has 1 amide bonds. The first-order valence-corrected chi connectivity index (χ1v) is 22.4. The zero-order valence-corrected chi connectivity index (χ0v) is 38.0. The van der Waals surface area contributed by atoms with Gasteiger partial charge < -0.3 is 29.0 Å². The number of nitrogens with zero attached hydrogens (tertiary/aromatic N) is 4. The Kier molecular flexibility index (Phi) is 15.2. The summed E-state index contributed by atoms with van der Waals surface area (Å²) in [6.45, 7) is 15.8. The lowest BCUT2D eigenvalue weighted by molar-refractivity contribution is -0.175. The molecule has 346 valence electrons. The lowest BCUT2D eigenvalue weighted by Crippen LogP contribution is -2.49. The van der Waals surface area contributed by atoms with Crippen molar-refractivity contribution in [2.45, 2.75) is 89.3 Å². The lowest BCUT2D eigenvalue weighted by atomic mass is 9.82. The molecular weight excluding hydrogens is 851 g/mol. The van der Waals surface area contributed by atoms with E-state index in [1.807, 2.05) is 52.0 Å². The maximum absolute atomic E-state index is 13.3. The van der Waals surface area contributed by atoms with Crippen LogP contribution in [-0.4, -0.2) is 73.0 Å². The van der Waals surface area contributed by atoms with Gasteiger partial charge in [0.2, 0.25) is 6.29 Å². The van der Waals surface area contributed by atoms with Gasteiger partial charge in [-0.3, -0.25) is 9.36 Å². The summed E-state index contributed by atoms with van der Waals surface area (Å²) >= 11 is 0. The Morgan fingerprint density at radius 3 is 1.63 bits per heavy atom. The number of benzene rings is 4. The molecule has 2 fully saturated rings. The Balaban J connectivity index is 0.000000207. The van der Waals surface area contributed by atoms with Crippen LogP contribution in [0, 0.1) is 11.8 Å². The van der Waals surface area contributed by atoms with Gasteiger partial charge in [0, 0.05) is 30.2 Å². The van der Waals surface area contributed by atoms with E-state index in [0.717, 1.165) is 6.42 Å². The minimum atomic E-state index is -1.15. The van der Waals surface area contributed by atoms with Crippen LogP contribution in [0.25, 0.3) is 11.2 Å². The number of rotatable bonds is 15. The number of hydrogen-bond acceptors (Lipinski definition) is 12. The molecule has 0 spiro atoms. The highest BCUT2D eigenvalue weighted by Gasteiger charge is 2.59. The number of imidazole rings is 1. The number of aromatic nitrogens is 4. The van der Waals surface area contributed by atoms with Crippen LogP contribution in [0.2, 0.25) is 0 Å². The van der Waals surface area contributed by atoms with Gasteiger partial charge in [-0.25, -0.2) is 29.3 Å². The molecular formula is C53H55N5O9. The quantitative estimate of drug-likeness (QED) is 0.0589. The van der Waals surface area contributed by atoms with Crippen molar-refractivity contribution in [1.29, 1.82) is 0 Å². The minimum absolute atomic E-state index is 0.153. The van der Waals surface area contributed by atoms with Crippen LogP contribution in [0.15, 0.2) is 159 Å². The van der Waals surface area contributed by atoms with E-state index in [1.165, 1.54) is 6.33 Å². The molecule has 2 aliphatic heterocycles. The van der Waals surface area contributed by atoms with Gasteiger partial charge in [-0.05, 0) is 61.4 Å². The monoisotopic (exact) mass is 905 g/mol. The fourth-order valence-corrected chi connectivity index (χ4v) is 8.81. The van der Waals surface area contributed by atoms with Crippen molar-refractivity contribution in [3.05, 3.63) is 182 Å². The second kappa shape index (κ2) is 21.3. The van der Waals surface area contributed by atoms with E-state index in [1.54, 1.807) is 120 Å². The smallest absolute Gasteiger partial charge is 0.340 e. The number of ether oxygens (including phenoxy) is 5. The van der Waals surface area contributed by atoms with Crippen LogP contribution in [0.1, 0.15) is 101 Å². The Labute approximate surface area is 390 Å². The lowest BCUT2D eigenvalue weighted by Gasteiger charge is -2.36. The summed E-state index contributed by atoms with van der Waals surface area (Å²) in [6, 6.07) is 35.2. The Morgan fingerprint density at radius 1 is 0.642 bits per heavy atom. The first kappa shape index (κ1) is 47.7. The first-order chi connectivity index (χ1) is 32.5. The Morgan fingerprint density at radius 2 is 1.10 bits per heavy atom. The summed E-state index contributed by atoms with van der Waals surface area (Å²) in [5.41, 5.74) is 0.403. The molecule has 14 heteroatoms. The van der Waals surface area contributed by atoms with E-state index in [2.05, 4.69) is 33.4 Å². The molecule has 6 aromatic rings. The number of hydrogen-bond donors (Lipinski definition) is 1.